The summed E-state index contributed by atoms with van der Waals surface area (Å²) in [5.74, 6) is 0.225. The van der Waals surface area contributed by atoms with Crippen molar-refractivity contribution in [3.63, 3.8) is 0 Å². The van der Waals surface area contributed by atoms with Crippen LogP contribution in [-0.2, 0) is 4.74 Å². The number of carbonyl (C=O) groups excluding carboxylic acids is 1. The highest BCUT2D eigenvalue weighted by atomic mass is 79.9. The Morgan fingerprint density at radius 1 is 1.50 bits per heavy atom. The summed E-state index contributed by atoms with van der Waals surface area (Å²) in [6.45, 7) is 6.12. The number of rotatable bonds is 4. The van der Waals surface area contributed by atoms with Crippen molar-refractivity contribution in [3.8, 4) is 0 Å². The molecule has 0 radical (unpaired) electrons. The zero-order valence-corrected chi connectivity index (χ0v) is 11.3. The maximum atomic E-state index is 11.7. The van der Waals surface area contributed by atoms with Crippen molar-refractivity contribution in [2.75, 3.05) is 0 Å². The van der Waals surface area contributed by atoms with Gasteiger partial charge < -0.3 is 4.74 Å². The molecule has 1 unspecified atom stereocenters. The molecule has 3 nitrogen and oxygen atoms in total. The van der Waals surface area contributed by atoms with E-state index in [1.807, 2.05) is 6.92 Å². The zero-order valence-electron chi connectivity index (χ0n) is 9.74. The summed E-state index contributed by atoms with van der Waals surface area (Å²) in [7, 11) is 0. The Bertz CT molecular complexity index is 366. The Hall–Kier alpha value is -0.900. The van der Waals surface area contributed by atoms with Crippen molar-refractivity contribution in [2.24, 2.45) is 5.92 Å². The van der Waals surface area contributed by atoms with Gasteiger partial charge in [0, 0.05) is 6.20 Å². The lowest BCUT2D eigenvalue weighted by atomic mass is 10.1. The third kappa shape index (κ3) is 4.31. The number of aromatic nitrogens is 1. The van der Waals surface area contributed by atoms with E-state index in [1.165, 1.54) is 0 Å². The van der Waals surface area contributed by atoms with Crippen LogP contribution >= 0.6 is 15.9 Å². The molecule has 1 rings (SSSR count). The van der Waals surface area contributed by atoms with Crippen LogP contribution in [0.25, 0.3) is 0 Å². The molecule has 1 aromatic rings. The van der Waals surface area contributed by atoms with E-state index in [1.54, 1.807) is 18.3 Å². The Morgan fingerprint density at radius 3 is 2.75 bits per heavy atom. The fourth-order valence-corrected chi connectivity index (χ4v) is 1.86. The summed E-state index contributed by atoms with van der Waals surface area (Å²) in [5, 5.41) is 0. The molecule has 1 heterocycles. The first-order chi connectivity index (χ1) is 7.49. The highest BCUT2D eigenvalue weighted by Crippen LogP contribution is 2.13. The van der Waals surface area contributed by atoms with Gasteiger partial charge >= 0.3 is 5.97 Å². The van der Waals surface area contributed by atoms with Crippen LogP contribution in [0.1, 0.15) is 37.6 Å². The molecule has 0 saturated heterocycles. The molecule has 88 valence electrons. The first kappa shape index (κ1) is 13.2. The molecule has 0 aliphatic heterocycles. The largest absolute Gasteiger partial charge is 0.459 e. The van der Waals surface area contributed by atoms with Crippen molar-refractivity contribution in [2.45, 2.75) is 33.3 Å². The number of hydrogen-bond donors (Lipinski definition) is 0. The molecule has 0 amide bonds. The molecule has 0 spiro atoms. The number of ether oxygens (including phenoxy) is 1. The maximum absolute atomic E-state index is 11.7. The topological polar surface area (TPSA) is 39.2 Å². The van der Waals surface area contributed by atoms with Crippen molar-refractivity contribution < 1.29 is 9.53 Å². The molecule has 0 aliphatic rings. The van der Waals surface area contributed by atoms with Gasteiger partial charge in [0.1, 0.15) is 4.60 Å². The monoisotopic (exact) mass is 285 g/mol. The van der Waals surface area contributed by atoms with Crippen LogP contribution in [-0.4, -0.2) is 17.1 Å². The van der Waals surface area contributed by atoms with Gasteiger partial charge in [0.2, 0.25) is 0 Å². The summed E-state index contributed by atoms with van der Waals surface area (Å²) in [6, 6.07) is 3.31. The second kappa shape index (κ2) is 5.99. The molecular weight excluding hydrogens is 270 g/mol. The third-order valence-corrected chi connectivity index (χ3v) is 2.51. The normalized spacial score (nSPS) is 12.6. The lowest BCUT2D eigenvalue weighted by Gasteiger charge is -2.15. The van der Waals surface area contributed by atoms with E-state index < -0.39 is 0 Å². The molecule has 1 aromatic heterocycles. The van der Waals surface area contributed by atoms with Gasteiger partial charge in [0.15, 0.2) is 0 Å². The Kier molecular flexibility index (Phi) is 4.93. The van der Waals surface area contributed by atoms with E-state index in [4.69, 9.17) is 4.74 Å². The second-order valence-corrected chi connectivity index (χ2v) is 5.03. The SMILES string of the molecule is CC(C)CC(C)OC(=O)c1ccnc(Br)c1. The van der Waals surface area contributed by atoms with E-state index >= 15 is 0 Å². The van der Waals surface area contributed by atoms with E-state index in [9.17, 15) is 4.79 Å². The number of hydrogen-bond acceptors (Lipinski definition) is 3. The molecule has 0 aromatic carbocycles. The zero-order chi connectivity index (χ0) is 12.1. The average molecular weight is 286 g/mol. The number of pyridine rings is 1. The van der Waals surface area contributed by atoms with Gasteiger partial charge in [-0.05, 0) is 47.3 Å². The quantitative estimate of drug-likeness (QED) is 0.628. The Morgan fingerprint density at radius 2 is 2.19 bits per heavy atom. The van der Waals surface area contributed by atoms with Crippen molar-refractivity contribution in [1.82, 2.24) is 4.98 Å². The van der Waals surface area contributed by atoms with Crippen LogP contribution in [0.4, 0.5) is 0 Å². The third-order valence-electron chi connectivity index (χ3n) is 2.07. The van der Waals surface area contributed by atoms with E-state index in [-0.39, 0.29) is 12.1 Å². The molecule has 0 aliphatic carbocycles. The molecule has 1 atom stereocenters. The summed E-state index contributed by atoms with van der Waals surface area (Å²) >= 11 is 3.22. The standard InChI is InChI=1S/C12H16BrNO2/c1-8(2)6-9(3)16-12(15)10-4-5-14-11(13)7-10/h4-5,7-9H,6H2,1-3H3. The van der Waals surface area contributed by atoms with Gasteiger partial charge in [-0.25, -0.2) is 9.78 Å². The Balaban J connectivity index is 2.59. The number of carbonyl (C=O) groups is 1. The van der Waals surface area contributed by atoms with Crippen molar-refractivity contribution >= 4 is 21.9 Å². The van der Waals surface area contributed by atoms with Gasteiger partial charge in [-0.1, -0.05) is 13.8 Å². The fraction of sp³-hybridized carbons (Fsp3) is 0.500. The molecule has 0 fully saturated rings. The minimum atomic E-state index is -0.295. The first-order valence-electron chi connectivity index (χ1n) is 5.31. The second-order valence-electron chi connectivity index (χ2n) is 4.21. The van der Waals surface area contributed by atoms with Crippen LogP contribution in [0.5, 0.6) is 0 Å². The van der Waals surface area contributed by atoms with Gasteiger partial charge in [-0.3, -0.25) is 0 Å². The maximum Gasteiger partial charge on any atom is 0.338 e. The predicted octanol–water partition coefficient (Wildman–Crippen LogP) is 3.44. The van der Waals surface area contributed by atoms with Gasteiger partial charge in [0.05, 0.1) is 11.7 Å². The fourth-order valence-electron chi connectivity index (χ4n) is 1.49. The first-order valence-corrected chi connectivity index (χ1v) is 6.11. The van der Waals surface area contributed by atoms with Crippen LogP contribution in [0, 0.1) is 5.92 Å². The molecule has 0 N–H and O–H groups in total. The summed E-state index contributed by atoms with van der Waals surface area (Å²) in [5.41, 5.74) is 0.525. The summed E-state index contributed by atoms with van der Waals surface area (Å²) in [6.07, 6.45) is 2.39. The molecule has 16 heavy (non-hydrogen) atoms. The molecule has 0 bridgehead atoms. The lowest BCUT2D eigenvalue weighted by Crippen LogP contribution is -2.17. The van der Waals surface area contributed by atoms with Gasteiger partial charge in [-0.15, -0.1) is 0 Å². The summed E-state index contributed by atoms with van der Waals surface area (Å²) < 4.78 is 5.95. The van der Waals surface area contributed by atoms with E-state index in [0.29, 0.717) is 16.1 Å². The predicted molar refractivity (Wildman–Crippen MR) is 66.3 cm³/mol. The Labute approximate surface area is 104 Å². The van der Waals surface area contributed by atoms with Crippen LogP contribution in [0.3, 0.4) is 0 Å². The van der Waals surface area contributed by atoms with Crippen LogP contribution in [0.15, 0.2) is 22.9 Å². The minimum Gasteiger partial charge on any atom is -0.459 e. The van der Waals surface area contributed by atoms with Gasteiger partial charge in [0.25, 0.3) is 0 Å². The van der Waals surface area contributed by atoms with Crippen molar-refractivity contribution in [3.05, 3.63) is 28.5 Å². The smallest absolute Gasteiger partial charge is 0.338 e. The highest BCUT2D eigenvalue weighted by molar-refractivity contribution is 9.10. The highest BCUT2D eigenvalue weighted by Gasteiger charge is 2.13. The number of nitrogens with zero attached hydrogens (tertiary/aromatic N) is 1. The lowest BCUT2D eigenvalue weighted by molar-refractivity contribution is 0.0299. The van der Waals surface area contributed by atoms with E-state index in [0.717, 1.165) is 6.42 Å². The molecule has 4 heteroatoms. The average Bonchev–Trinajstić information content (AvgIpc) is 2.16. The van der Waals surface area contributed by atoms with Gasteiger partial charge in [-0.2, -0.15) is 0 Å². The minimum absolute atomic E-state index is 0.0561. The summed E-state index contributed by atoms with van der Waals surface area (Å²) in [4.78, 5) is 15.7. The number of halogens is 1. The number of esters is 1. The molecule has 0 saturated carbocycles. The van der Waals surface area contributed by atoms with Crippen molar-refractivity contribution in [1.29, 1.82) is 0 Å². The van der Waals surface area contributed by atoms with Crippen LogP contribution in [0.2, 0.25) is 0 Å². The van der Waals surface area contributed by atoms with E-state index in [2.05, 4.69) is 34.8 Å². The molecular formula is C12H16BrNO2. The van der Waals surface area contributed by atoms with Crippen LogP contribution < -0.4 is 0 Å².